The molecule has 1 heterocycles. The number of hydrogen-bond donors (Lipinski definition) is 1. The molecule has 0 saturated carbocycles. The van der Waals surface area contributed by atoms with Crippen molar-refractivity contribution < 1.29 is 0 Å². The molecule has 0 radical (unpaired) electrons. The van der Waals surface area contributed by atoms with Crippen LogP contribution in [0.5, 0.6) is 0 Å². The SMILES string of the molecule is C=C(CC)CNc1ncns1. The van der Waals surface area contributed by atoms with E-state index in [1.54, 1.807) is 6.33 Å². The van der Waals surface area contributed by atoms with Crippen LogP contribution in [0.15, 0.2) is 18.5 Å². The molecular weight excluding hydrogens is 158 g/mol. The largest absolute Gasteiger partial charge is 0.357 e. The molecule has 0 aliphatic carbocycles. The Morgan fingerprint density at radius 1 is 1.82 bits per heavy atom. The number of nitrogens with one attached hydrogen (secondary N) is 1. The Balaban J connectivity index is 2.29. The molecule has 0 fully saturated rings. The molecule has 11 heavy (non-hydrogen) atoms. The van der Waals surface area contributed by atoms with Crippen molar-refractivity contribution in [2.24, 2.45) is 0 Å². The summed E-state index contributed by atoms with van der Waals surface area (Å²) in [6.07, 6.45) is 2.55. The van der Waals surface area contributed by atoms with E-state index in [1.165, 1.54) is 17.1 Å². The van der Waals surface area contributed by atoms with Crippen LogP contribution < -0.4 is 5.32 Å². The quantitative estimate of drug-likeness (QED) is 0.700. The summed E-state index contributed by atoms with van der Waals surface area (Å²) in [5.74, 6) is 0. The molecule has 0 bridgehead atoms. The molecular formula is C7H11N3S. The molecule has 4 heteroatoms. The summed E-state index contributed by atoms with van der Waals surface area (Å²) >= 11 is 1.36. The zero-order valence-electron chi connectivity index (χ0n) is 6.50. The van der Waals surface area contributed by atoms with E-state index in [4.69, 9.17) is 0 Å². The third-order valence-electron chi connectivity index (χ3n) is 1.35. The van der Waals surface area contributed by atoms with Crippen LogP contribution in [-0.4, -0.2) is 15.9 Å². The van der Waals surface area contributed by atoms with Gasteiger partial charge in [0, 0.05) is 18.1 Å². The van der Waals surface area contributed by atoms with Crippen LogP contribution in [0.25, 0.3) is 0 Å². The fourth-order valence-electron chi connectivity index (χ4n) is 0.577. The highest BCUT2D eigenvalue weighted by Crippen LogP contribution is 2.07. The Morgan fingerprint density at radius 2 is 2.64 bits per heavy atom. The highest BCUT2D eigenvalue weighted by atomic mass is 32.1. The van der Waals surface area contributed by atoms with Crippen LogP contribution in [0.4, 0.5) is 5.13 Å². The van der Waals surface area contributed by atoms with Crippen LogP contribution >= 0.6 is 11.5 Å². The van der Waals surface area contributed by atoms with Gasteiger partial charge in [0.15, 0.2) is 0 Å². The van der Waals surface area contributed by atoms with Gasteiger partial charge in [0.25, 0.3) is 0 Å². The van der Waals surface area contributed by atoms with Gasteiger partial charge in [0.1, 0.15) is 6.33 Å². The Bertz CT molecular complexity index is 218. The smallest absolute Gasteiger partial charge is 0.202 e. The van der Waals surface area contributed by atoms with E-state index in [1.807, 2.05) is 0 Å². The summed E-state index contributed by atoms with van der Waals surface area (Å²) in [6.45, 7) is 6.75. The molecule has 1 aromatic rings. The van der Waals surface area contributed by atoms with Crippen molar-refractivity contribution in [1.29, 1.82) is 0 Å². The normalized spacial score (nSPS) is 9.55. The van der Waals surface area contributed by atoms with Crippen molar-refractivity contribution in [2.75, 3.05) is 11.9 Å². The first-order valence-electron chi connectivity index (χ1n) is 3.50. The first kappa shape index (κ1) is 8.20. The Labute approximate surface area is 70.3 Å². The highest BCUT2D eigenvalue weighted by molar-refractivity contribution is 7.09. The maximum atomic E-state index is 3.98. The number of aromatic nitrogens is 2. The summed E-state index contributed by atoms with van der Waals surface area (Å²) < 4.78 is 3.86. The van der Waals surface area contributed by atoms with Crippen molar-refractivity contribution in [1.82, 2.24) is 9.36 Å². The van der Waals surface area contributed by atoms with Gasteiger partial charge in [-0.1, -0.05) is 19.1 Å². The predicted molar refractivity (Wildman–Crippen MR) is 47.8 cm³/mol. The molecule has 1 N–H and O–H groups in total. The maximum absolute atomic E-state index is 3.98. The fourth-order valence-corrected chi connectivity index (χ4v) is 1.00. The lowest BCUT2D eigenvalue weighted by atomic mass is 10.2. The van der Waals surface area contributed by atoms with Crippen molar-refractivity contribution >= 4 is 16.7 Å². The molecule has 0 amide bonds. The molecule has 0 atom stereocenters. The first-order valence-corrected chi connectivity index (χ1v) is 4.27. The van der Waals surface area contributed by atoms with Crippen LogP contribution in [0.3, 0.4) is 0 Å². The van der Waals surface area contributed by atoms with Crippen LogP contribution in [0.2, 0.25) is 0 Å². The Morgan fingerprint density at radius 3 is 3.18 bits per heavy atom. The topological polar surface area (TPSA) is 37.8 Å². The van der Waals surface area contributed by atoms with Crippen molar-refractivity contribution in [3.8, 4) is 0 Å². The van der Waals surface area contributed by atoms with E-state index in [0.29, 0.717) is 0 Å². The van der Waals surface area contributed by atoms with E-state index in [2.05, 4.69) is 28.2 Å². The third kappa shape index (κ3) is 2.67. The average Bonchev–Trinajstić information content (AvgIpc) is 2.52. The van der Waals surface area contributed by atoms with Gasteiger partial charge in [-0.25, -0.2) is 4.98 Å². The second-order valence-corrected chi connectivity index (χ2v) is 2.98. The van der Waals surface area contributed by atoms with Gasteiger partial charge in [-0.05, 0) is 6.42 Å². The second kappa shape index (κ2) is 4.08. The molecule has 60 valence electrons. The molecule has 0 spiro atoms. The molecule has 3 nitrogen and oxygen atoms in total. The van der Waals surface area contributed by atoms with Gasteiger partial charge < -0.3 is 5.32 Å². The maximum Gasteiger partial charge on any atom is 0.202 e. The minimum atomic E-state index is 0.797. The Kier molecular flexibility index (Phi) is 3.04. The Hall–Kier alpha value is -0.900. The first-order chi connectivity index (χ1) is 5.33. The van der Waals surface area contributed by atoms with E-state index in [0.717, 1.165) is 18.1 Å². The lowest BCUT2D eigenvalue weighted by molar-refractivity contribution is 1.05. The van der Waals surface area contributed by atoms with Gasteiger partial charge in [0.05, 0.1) is 0 Å². The number of nitrogens with zero attached hydrogens (tertiary/aromatic N) is 2. The van der Waals surface area contributed by atoms with Crippen LogP contribution in [0.1, 0.15) is 13.3 Å². The van der Waals surface area contributed by atoms with Crippen molar-refractivity contribution in [3.63, 3.8) is 0 Å². The summed E-state index contributed by atoms with van der Waals surface area (Å²) in [4.78, 5) is 3.98. The van der Waals surface area contributed by atoms with Crippen LogP contribution in [0, 0.1) is 0 Å². The van der Waals surface area contributed by atoms with Crippen molar-refractivity contribution in [2.45, 2.75) is 13.3 Å². The number of rotatable bonds is 4. The lowest BCUT2D eigenvalue weighted by Gasteiger charge is -2.01. The summed E-state index contributed by atoms with van der Waals surface area (Å²) in [6, 6.07) is 0. The highest BCUT2D eigenvalue weighted by Gasteiger charge is 1.94. The van der Waals surface area contributed by atoms with Crippen molar-refractivity contribution in [3.05, 3.63) is 18.5 Å². The number of hydrogen-bond acceptors (Lipinski definition) is 4. The van der Waals surface area contributed by atoms with Gasteiger partial charge in [-0.15, -0.1) is 0 Å². The summed E-state index contributed by atoms with van der Waals surface area (Å²) in [5.41, 5.74) is 1.18. The van der Waals surface area contributed by atoms with Gasteiger partial charge >= 0.3 is 0 Å². The minimum absolute atomic E-state index is 0.797. The number of anilines is 1. The molecule has 0 saturated heterocycles. The molecule has 0 aliphatic rings. The van der Waals surface area contributed by atoms with Gasteiger partial charge in [-0.2, -0.15) is 4.37 Å². The van der Waals surface area contributed by atoms with Gasteiger partial charge in [-0.3, -0.25) is 0 Å². The molecule has 1 rings (SSSR count). The van der Waals surface area contributed by atoms with E-state index in [9.17, 15) is 0 Å². The molecule has 1 aromatic heterocycles. The van der Waals surface area contributed by atoms with E-state index in [-0.39, 0.29) is 0 Å². The standard InChI is InChI=1S/C7H11N3S/c1-3-6(2)4-8-7-9-5-10-11-7/h5H,2-4H2,1H3,(H,8,9,10). The molecule has 0 unspecified atom stereocenters. The second-order valence-electron chi connectivity index (χ2n) is 2.20. The van der Waals surface area contributed by atoms with Gasteiger partial charge in [0.2, 0.25) is 5.13 Å². The monoisotopic (exact) mass is 169 g/mol. The summed E-state index contributed by atoms with van der Waals surface area (Å²) in [7, 11) is 0. The molecule has 0 aromatic carbocycles. The zero-order chi connectivity index (χ0) is 8.10. The fraction of sp³-hybridized carbons (Fsp3) is 0.429. The van der Waals surface area contributed by atoms with Crippen LogP contribution in [-0.2, 0) is 0 Å². The minimum Gasteiger partial charge on any atom is -0.357 e. The third-order valence-corrected chi connectivity index (χ3v) is 1.97. The van der Waals surface area contributed by atoms with E-state index < -0.39 is 0 Å². The lowest BCUT2D eigenvalue weighted by Crippen LogP contribution is -2.02. The van der Waals surface area contributed by atoms with E-state index >= 15 is 0 Å². The predicted octanol–water partition coefficient (Wildman–Crippen LogP) is 1.92. The summed E-state index contributed by atoms with van der Waals surface area (Å²) in [5, 5.41) is 3.98. The average molecular weight is 169 g/mol. The zero-order valence-corrected chi connectivity index (χ0v) is 7.32. The molecule has 0 aliphatic heterocycles.